The molecule has 1 saturated heterocycles. The summed E-state index contributed by atoms with van der Waals surface area (Å²) in [6, 6.07) is 2.00. The number of nitrogens with zero attached hydrogens (tertiary/aromatic N) is 3. The first-order valence-electron chi connectivity index (χ1n) is 6.38. The maximum atomic E-state index is 4.40. The zero-order valence-electron chi connectivity index (χ0n) is 11.0. The van der Waals surface area contributed by atoms with Crippen molar-refractivity contribution in [1.82, 2.24) is 14.9 Å². The number of nitrogens with one attached hydrogen (secondary N) is 1. The summed E-state index contributed by atoms with van der Waals surface area (Å²) in [5.74, 6) is 1.49. The Morgan fingerprint density at radius 2 is 2.06 bits per heavy atom. The van der Waals surface area contributed by atoms with Gasteiger partial charge in [0.2, 0.25) is 5.95 Å². The highest BCUT2D eigenvalue weighted by atomic mass is 15.1. The van der Waals surface area contributed by atoms with Gasteiger partial charge in [0.15, 0.2) is 0 Å². The molecule has 0 amide bonds. The molecule has 1 atom stereocenters. The van der Waals surface area contributed by atoms with Gasteiger partial charge in [-0.15, -0.1) is 0 Å². The lowest BCUT2D eigenvalue weighted by Crippen LogP contribution is -2.35. The Bertz CT molecular complexity index is 357. The molecule has 1 aliphatic rings. The van der Waals surface area contributed by atoms with E-state index in [0.29, 0.717) is 0 Å². The summed E-state index contributed by atoms with van der Waals surface area (Å²) in [4.78, 5) is 11.2. The van der Waals surface area contributed by atoms with Gasteiger partial charge in [0.25, 0.3) is 0 Å². The summed E-state index contributed by atoms with van der Waals surface area (Å²) in [6.07, 6.45) is 2.61. The highest BCUT2D eigenvalue weighted by Crippen LogP contribution is 2.15. The molecule has 0 bridgehead atoms. The second-order valence-corrected chi connectivity index (χ2v) is 5.13. The first-order valence-corrected chi connectivity index (χ1v) is 6.38. The lowest BCUT2D eigenvalue weighted by atomic mass is 9.99. The molecular formula is C13H22N4. The lowest BCUT2D eigenvalue weighted by molar-refractivity contribution is 0.217. The van der Waals surface area contributed by atoms with E-state index >= 15 is 0 Å². The quantitative estimate of drug-likeness (QED) is 0.866. The van der Waals surface area contributed by atoms with E-state index in [-0.39, 0.29) is 0 Å². The predicted molar refractivity (Wildman–Crippen MR) is 70.2 cm³/mol. The normalized spacial score (nSPS) is 21.5. The second kappa shape index (κ2) is 5.45. The highest BCUT2D eigenvalue weighted by Gasteiger charge is 2.16. The van der Waals surface area contributed by atoms with E-state index in [9.17, 15) is 0 Å². The smallest absolute Gasteiger partial charge is 0.223 e. The molecule has 1 aromatic rings. The van der Waals surface area contributed by atoms with E-state index in [2.05, 4.69) is 27.2 Å². The number of aromatic nitrogens is 2. The van der Waals surface area contributed by atoms with Crippen molar-refractivity contribution < 1.29 is 0 Å². The molecule has 0 aliphatic carbocycles. The van der Waals surface area contributed by atoms with Gasteiger partial charge >= 0.3 is 0 Å². The Morgan fingerprint density at radius 1 is 1.35 bits per heavy atom. The highest BCUT2D eigenvalue weighted by molar-refractivity contribution is 5.27. The molecule has 1 aromatic heterocycles. The van der Waals surface area contributed by atoms with Crippen molar-refractivity contribution in [3.8, 4) is 0 Å². The zero-order valence-corrected chi connectivity index (χ0v) is 11.0. The number of likely N-dealkylation sites (tertiary alicyclic amines) is 1. The maximum absolute atomic E-state index is 4.40. The maximum Gasteiger partial charge on any atom is 0.223 e. The molecule has 2 heterocycles. The standard InChI is InChI=1S/C13H22N4/c1-10-7-11(2)16-13(15-10)14-8-12-5-4-6-17(3)9-12/h7,12H,4-6,8-9H2,1-3H3,(H,14,15,16). The molecule has 0 aromatic carbocycles. The molecule has 94 valence electrons. The van der Waals surface area contributed by atoms with Crippen LogP contribution >= 0.6 is 0 Å². The van der Waals surface area contributed by atoms with Gasteiger partial charge in [-0.05, 0) is 52.3 Å². The van der Waals surface area contributed by atoms with E-state index < -0.39 is 0 Å². The average molecular weight is 234 g/mol. The molecule has 4 heteroatoms. The third kappa shape index (κ3) is 3.66. The Hall–Kier alpha value is -1.16. The van der Waals surface area contributed by atoms with Crippen molar-refractivity contribution in [2.45, 2.75) is 26.7 Å². The number of hydrogen-bond acceptors (Lipinski definition) is 4. The minimum absolute atomic E-state index is 0.721. The minimum Gasteiger partial charge on any atom is -0.354 e. The van der Waals surface area contributed by atoms with E-state index in [1.54, 1.807) is 0 Å². The second-order valence-electron chi connectivity index (χ2n) is 5.13. The number of piperidine rings is 1. The van der Waals surface area contributed by atoms with Crippen molar-refractivity contribution in [3.63, 3.8) is 0 Å². The van der Waals surface area contributed by atoms with Crippen molar-refractivity contribution in [2.24, 2.45) is 5.92 Å². The fourth-order valence-electron chi connectivity index (χ4n) is 2.48. The molecule has 1 unspecified atom stereocenters. The summed E-state index contributed by atoms with van der Waals surface area (Å²) in [6.45, 7) is 7.41. The Labute approximate surface area is 103 Å². The summed E-state index contributed by atoms with van der Waals surface area (Å²) < 4.78 is 0. The van der Waals surface area contributed by atoms with E-state index in [1.165, 1.54) is 25.9 Å². The van der Waals surface area contributed by atoms with Gasteiger partial charge < -0.3 is 10.2 Å². The molecular weight excluding hydrogens is 212 g/mol. The van der Waals surface area contributed by atoms with Crippen LogP contribution in [0.5, 0.6) is 0 Å². The summed E-state index contributed by atoms with van der Waals surface area (Å²) in [5.41, 5.74) is 2.06. The SMILES string of the molecule is Cc1cc(C)nc(NCC2CCCN(C)C2)n1. The fraction of sp³-hybridized carbons (Fsp3) is 0.692. The van der Waals surface area contributed by atoms with Gasteiger partial charge in [0, 0.05) is 24.5 Å². The van der Waals surface area contributed by atoms with Crippen LogP contribution in [0, 0.1) is 19.8 Å². The summed E-state index contributed by atoms with van der Waals surface area (Å²) >= 11 is 0. The first kappa shape index (κ1) is 12.3. The van der Waals surface area contributed by atoms with Crippen LogP contribution in [0.1, 0.15) is 24.2 Å². The summed E-state index contributed by atoms with van der Waals surface area (Å²) in [7, 11) is 2.19. The number of aryl methyl sites for hydroxylation is 2. The van der Waals surface area contributed by atoms with Crippen LogP contribution in [-0.4, -0.2) is 41.5 Å². The van der Waals surface area contributed by atoms with Crippen LogP contribution < -0.4 is 5.32 Å². The third-order valence-corrected chi connectivity index (χ3v) is 3.25. The van der Waals surface area contributed by atoms with E-state index in [4.69, 9.17) is 0 Å². The molecule has 1 N–H and O–H groups in total. The largest absolute Gasteiger partial charge is 0.354 e. The Balaban J connectivity index is 1.88. The van der Waals surface area contributed by atoms with Gasteiger partial charge in [0.1, 0.15) is 0 Å². The predicted octanol–water partition coefficient (Wildman–Crippen LogP) is 1.85. The van der Waals surface area contributed by atoms with Crippen LogP contribution in [0.2, 0.25) is 0 Å². The van der Waals surface area contributed by atoms with Crippen molar-refractivity contribution in [2.75, 3.05) is 32.0 Å². The molecule has 1 fully saturated rings. The van der Waals surface area contributed by atoms with Crippen molar-refractivity contribution >= 4 is 5.95 Å². The van der Waals surface area contributed by atoms with E-state index in [1.807, 2.05) is 19.9 Å². The molecule has 2 rings (SSSR count). The zero-order chi connectivity index (χ0) is 12.3. The number of rotatable bonds is 3. The molecule has 4 nitrogen and oxygen atoms in total. The molecule has 1 aliphatic heterocycles. The lowest BCUT2D eigenvalue weighted by Gasteiger charge is -2.29. The monoisotopic (exact) mass is 234 g/mol. The van der Waals surface area contributed by atoms with Crippen molar-refractivity contribution in [3.05, 3.63) is 17.5 Å². The van der Waals surface area contributed by atoms with Gasteiger partial charge in [-0.25, -0.2) is 9.97 Å². The van der Waals surface area contributed by atoms with Gasteiger partial charge in [-0.1, -0.05) is 0 Å². The Kier molecular flexibility index (Phi) is 3.94. The first-order chi connectivity index (χ1) is 8.13. The van der Waals surface area contributed by atoms with Gasteiger partial charge in [-0.2, -0.15) is 0 Å². The van der Waals surface area contributed by atoms with Crippen LogP contribution in [0.25, 0.3) is 0 Å². The Morgan fingerprint density at radius 3 is 2.71 bits per heavy atom. The van der Waals surface area contributed by atoms with Crippen LogP contribution in [-0.2, 0) is 0 Å². The minimum atomic E-state index is 0.721. The van der Waals surface area contributed by atoms with Crippen LogP contribution in [0.3, 0.4) is 0 Å². The van der Waals surface area contributed by atoms with E-state index in [0.717, 1.165) is 29.8 Å². The van der Waals surface area contributed by atoms with Crippen molar-refractivity contribution in [1.29, 1.82) is 0 Å². The van der Waals surface area contributed by atoms with Crippen LogP contribution in [0.4, 0.5) is 5.95 Å². The number of anilines is 1. The molecule has 17 heavy (non-hydrogen) atoms. The van der Waals surface area contributed by atoms with Gasteiger partial charge in [0.05, 0.1) is 0 Å². The molecule has 0 saturated carbocycles. The number of hydrogen-bond donors (Lipinski definition) is 1. The molecule has 0 spiro atoms. The average Bonchev–Trinajstić information content (AvgIpc) is 2.25. The van der Waals surface area contributed by atoms with Crippen LogP contribution in [0.15, 0.2) is 6.07 Å². The third-order valence-electron chi connectivity index (χ3n) is 3.25. The molecule has 0 radical (unpaired) electrons. The fourth-order valence-corrected chi connectivity index (χ4v) is 2.48. The van der Waals surface area contributed by atoms with Gasteiger partial charge in [-0.3, -0.25) is 0 Å². The summed E-state index contributed by atoms with van der Waals surface area (Å²) in [5, 5.41) is 3.37. The topological polar surface area (TPSA) is 41.1 Å².